The lowest BCUT2D eigenvalue weighted by molar-refractivity contribution is 0.289. The average molecular weight is 189 g/mol. The highest BCUT2D eigenvalue weighted by Crippen LogP contribution is 2.16. The van der Waals surface area contributed by atoms with E-state index >= 15 is 0 Å². The fourth-order valence-corrected chi connectivity index (χ4v) is 1.50. The zero-order chi connectivity index (χ0) is 9.97. The molecule has 74 valence electrons. The van der Waals surface area contributed by atoms with Crippen LogP contribution in [0.4, 0.5) is 5.69 Å². The topological polar surface area (TPSA) is 9.72 Å². The molecule has 0 spiro atoms. The zero-order valence-corrected chi connectivity index (χ0v) is 8.59. The Labute approximate surface area is 84.8 Å². The average Bonchev–Trinajstić information content (AvgIpc) is 2.65. The summed E-state index contributed by atoms with van der Waals surface area (Å²) in [7, 11) is 4.13. The second-order valence-electron chi connectivity index (χ2n) is 3.50. The van der Waals surface area contributed by atoms with Crippen LogP contribution in [0.1, 0.15) is 0 Å². The van der Waals surface area contributed by atoms with Crippen LogP contribution in [0, 0.1) is 0 Å². The van der Waals surface area contributed by atoms with Gasteiger partial charge in [0.25, 0.3) is 0 Å². The van der Waals surface area contributed by atoms with Gasteiger partial charge in [0.15, 0.2) is 0 Å². The minimum Gasteiger partial charge on any atom is -0.360 e. The third kappa shape index (κ3) is 1.66. The zero-order valence-electron chi connectivity index (χ0n) is 8.59. The van der Waals surface area contributed by atoms with Crippen LogP contribution in [0.2, 0.25) is 0 Å². The molecule has 0 atom stereocenters. The van der Waals surface area contributed by atoms with Gasteiger partial charge in [-0.25, -0.2) is 0 Å². The Bertz CT molecular complexity index is 321. The molecule has 1 heterocycles. The lowest BCUT2D eigenvalue weighted by atomic mass is 10.3. The van der Waals surface area contributed by atoms with Gasteiger partial charge < -0.3 is 4.90 Å². The lowest BCUT2D eigenvalue weighted by Crippen LogP contribution is -2.37. The third-order valence-corrected chi connectivity index (χ3v) is 2.38. The molecule has 0 saturated carbocycles. The second-order valence-corrected chi connectivity index (χ2v) is 3.50. The Morgan fingerprint density at radius 2 is 1.86 bits per heavy atom. The van der Waals surface area contributed by atoms with Crippen molar-refractivity contribution in [2.24, 2.45) is 0 Å². The summed E-state index contributed by atoms with van der Waals surface area (Å²) < 4.78 is 0. The Hall–Kier alpha value is -1.64. The minimum absolute atomic E-state index is 0.908. The van der Waals surface area contributed by atoms with E-state index in [1.165, 1.54) is 5.69 Å². The van der Waals surface area contributed by atoms with Gasteiger partial charge in [-0.15, -0.1) is 0 Å². The molecule has 0 fully saturated rings. The number of benzene rings is 1. The van der Waals surface area contributed by atoms with E-state index in [1.54, 1.807) is 0 Å². The fourth-order valence-electron chi connectivity index (χ4n) is 1.50. The molecule has 1 aliphatic heterocycles. The van der Waals surface area contributed by atoms with E-state index in [-0.39, 0.29) is 0 Å². The summed E-state index contributed by atoms with van der Waals surface area (Å²) in [5, 5.41) is 4.30. The van der Waals surface area contributed by atoms with E-state index in [1.807, 2.05) is 6.07 Å². The van der Waals surface area contributed by atoms with Crippen LogP contribution in [-0.4, -0.2) is 30.7 Å². The Kier molecular flexibility index (Phi) is 2.31. The summed E-state index contributed by atoms with van der Waals surface area (Å²) in [4.78, 5) is 2.14. The molecule has 0 radical (unpaired) electrons. The Morgan fingerprint density at radius 1 is 1.14 bits per heavy atom. The molecule has 1 aromatic carbocycles. The van der Waals surface area contributed by atoms with Crippen LogP contribution in [0.25, 0.3) is 0 Å². The van der Waals surface area contributed by atoms with Crippen molar-refractivity contribution >= 4 is 5.69 Å². The third-order valence-electron chi connectivity index (χ3n) is 2.38. The van der Waals surface area contributed by atoms with Crippen LogP contribution < -0.4 is 5.01 Å². The highest BCUT2D eigenvalue weighted by atomic mass is 15.7. The van der Waals surface area contributed by atoms with Crippen LogP contribution in [0.15, 0.2) is 42.7 Å². The number of rotatable bonds is 2. The maximum atomic E-state index is 2.16. The van der Waals surface area contributed by atoms with Crippen molar-refractivity contribution in [2.75, 3.05) is 25.8 Å². The van der Waals surface area contributed by atoms with Crippen molar-refractivity contribution in [3.05, 3.63) is 42.7 Å². The van der Waals surface area contributed by atoms with Gasteiger partial charge in [-0.2, -0.15) is 0 Å². The predicted molar refractivity (Wildman–Crippen MR) is 58.5 cm³/mol. The molecule has 0 unspecified atom stereocenters. The maximum Gasteiger partial charge on any atom is 0.109 e. The van der Waals surface area contributed by atoms with Gasteiger partial charge >= 0.3 is 0 Å². The largest absolute Gasteiger partial charge is 0.360 e. The number of hydrogen-bond donors (Lipinski definition) is 0. The molecule has 0 amide bonds. The fraction of sp³-hybridized carbons (Fsp3) is 0.273. The highest BCUT2D eigenvalue weighted by molar-refractivity contribution is 5.44. The first-order chi connectivity index (χ1) is 6.77. The monoisotopic (exact) mass is 189 g/mol. The molecule has 14 heavy (non-hydrogen) atoms. The van der Waals surface area contributed by atoms with E-state index in [0.717, 1.165) is 6.67 Å². The van der Waals surface area contributed by atoms with E-state index in [4.69, 9.17) is 0 Å². The minimum atomic E-state index is 0.908. The first-order valence-corrected chi connectivity index (χ1v) is 4.71. The van der Waals surface area contributed by atoms with Gasteiger partial charge in [-0.05, 0) is 12.1 Å². The molecule has 3 heteroatoms. The molecule has 3 nitrogen and oxygen atoms in total. The summed E-state index contributed by atoms with van der Waals surface area (Å²) in [6, 6.07) is 10.3. The van der Waals surface area contributed by atoms with E-state index in [2.05, 4.69) is 65.7 Å². The molecule has 0 aliphatic carbocycles. The van der Waals surface area contributed by atoms with Gasteiger partial charge in [0.2, 0.25) is 0 Å². The standard InChI is InChI=1S/C11H15N3/c1-12-8-9-14(10-12)13(2)11-6-4-3-5-7-11/h3-9H,10H2,1-2H3. The Morgan fingerprint density at radius 3 is 2.43 bits per heavy atom. The normalized spacial score (nSPS) is 15.0. The lowest BCUT2D eigenvalue weighted by Gasteiger charge is -2.30. The molecule has 0 bridgehead atoms. The Balaban J connectivity index is 2.10. The molecule has 0 aromatic heterocycles. The van der Waals surface area contributed by atoms with E-state index < -0.39 is 0 Å². The van der Waals surface area contributed by atoms with Crippen LogP contribution >= 0.6 is 0 Å². The first-order valence-electron chi connectivity index (χ1n) is 4.71. The highest BCUT2D eigenvalue weighted by Gasteiger charge is 2.13. The smallest absolute Gasteiger partial charge is 0.109 e. The van der Waals surface area contributed by atoms with Crippen LogP contribution in [0.5, 0.6) is 0 Å². The molecule has 0 saturated heterocycles. The second kappa shape index (κ2) is 3.62. The van der Waals surface area contributed by atoms with Gasteiger partial charge in [0, 0.05) is 26.5 Å². The molecule has 0 N–H and O–H groups in total. The quantitative estimate of drug-likeness (QED) is 0.701. The summed E-state index contributed by atoms with van der Waals surface area (Å²) in [5.74, 6) is 0. The number of para-hydroxylation sites is 1. The van der Waals surface area contributed by atoms with Gasteiger partial charge in [0.05, 0.1) is 5.69 Å². The molecule has 1 aliphatic rings. The van der Waals surface area contributed by atoms with E-state index in [9.17, 15) is 0 Å². The number of nitrogens with zero attached hydrogens (tertiary/aromatic N) is 3. The molecule has 2 rings (SSSR count). The van der Waals surface area contributed by atoms with Gasteiger partial charge in [-0.3, -0.25) is 10.0 Å². The van der Waals surface area contributed by atoms with Gasteiger partial charge in [-0.1, -0.05) is 18.2 Å². The van der Waals surface area contributed by atoms with Crippen molar-refractivity contribution in [3.8, 4) is 0 Å². The maximum absolute atomic E-state index is 2.16. The summed E-state index contributed by atoms with van der Waals surface area (Å²) >= 11 is 0. The predicted octanol–water partition coefficient (Wildman–Crippen LogP) is 1.71. The van der Waals surface area contributed by atoms with Crippen molar-refractivity contribution in [1.82, 2.24) is 9.91 Å². The van der Waals surface area contributed by atoms with Crippen LogP contribution in [0.3, 0.4) is 0 Å². The van der Waals surface area contributed by atoms with Crippen molar-refractivity contribution in [3.63, 3.8) is 0 Å². The summed E-state index contributed by atoms with van der Waals surface area (Å²) in [6.07, 6.45) is 4.15. The van der Waals surface area contributed by atoms with E-state index in [0.29, 0.717) is 0 Å². The SMILES string of the molecule is CN1C=CN(N(C)c2ccccc2)C1. The molecular weight excluding hydrogens is 174 g/mol. The van der Waals surface area contributed by atoms with Gasteiger partial charge in [0.1, 0.15) is 6.67 Å². The molecular formula is C11H15N3. The van der Waals surface area contributed by atoms with Crippen LogP contribution in [-0.2, 0) is 0 Å². The summed E-state index contributed by atoms with van der Waals surface area (Å²) in [6.45, 7) is 0.908. The number of anilines is 1. The first kappa shape index (κ1) is 8.94. The molecule has 1 aromatic rings. The van der Waals surface area contributed by atoms with Crippen molar-refractivity contribution < 1.29 is 0 Å². The summed E-state index contributed by atoms with van der Waals surface area (Å²) in [5.41, 5.74) is 1.20. The number of hydrogen-bond acceptors (Lipinski definition) is 3. The van der Waals surface area contributed by atoms with Crippen molar-refractivity contribution in [1.29, 1.82) is 0 Å². The number of hydrazine groups is 1. The van der Waals surface area contributed by atoms with Crippen molar-refractivity contribution in [2.45, 2.75) is 0 Å².